The molecule has 0 bridgehead atoms. The van der Waals surface area contributed by atoms with Gasteiger partial charge in [-0.05, 0) is 12.0 Å². The van der Waals surface area contributed by atoms with E-state index < -0.39 is 0 Å². The quantitative estimate of drug-likeness (QED) is 0.733. The second kappa shape index (κ2) is 6.59. The van der Waals surface area contributed by atoms with Gasteiger partial charge in [-0.1, -0.05) is 33.8 Å². The lowest BCUT2D eigenvalue weighted by Gasteiger charge is -2.23. The molecule has 0 radical (unpaired) electrons. The maximum Gasteiger partial charge on any atom is 0.118 e. The normalized spacial score (nSPS) is 25.1. The molecule has 3 nitrogen and oxygen atoms in total. The Balaban J connectivity index is 2.87. The first-order chi connectivity index (χ1) is 7.63. The van der Waals surface area contributed by atoms with Crippen molar-refractivity contribution in [1.29, 1.82) is 0 Å². The Morgan fingerprint density at radius 2 is 1.75 bits per heavy atom. The smallest absolute Gasteiger partial charge is 0.118 e. The summed E-state index contributed by atoms with van der Waals surface area (Å²) in [5.74, 6) is 1.85. The summed E-state index contributed by atoms with van der Waals surface area (Å²) in [4.78, 5) is 0. The number of rotatable bonds is 2. The summed E-state index contributed by atoms with van der Waals surface area (Å²) in [5.41, 5.74) is 1.16. The van der Waals surface area contributed by atoms with Crippen LogP contribution in [0.25, 0.3) is 0 Å². The molecule has 1 rings (SSSR count). The van der Waals surface area contributed by atoms with Crippen LogP contribution in [0.1, 0.15) is 27.7 Å². The minimum atomic E-state index is 0.387. The summed E-state index contributed by atoms with van der Waals surface area (Å²) >= 11 is 0. The van der Waals surface area contributed by atoms with E-state index in [0.29, 0.717) is 31.8 Å². The Labute approximate surface area is 98.5 Å². The minimum absolute atomic E-state index is 0.387. The van der Waals surface area contributed by atoms with Gasteiger partial charge in [-0.25, -0.2) is 0 Å². The number of hydrogen-bond donors (Lipinski definition) is 1. The van der Waals surface area contributed by atoms with Crippen molar-refractivity contribution in [2.75, 3.05) is 19.9 Å². The molecule has 0 unspecified atom stereocenters. The van der Waals surface area contributed by atoms with E-state index in [9.17, 15) is 0 Å². The topological polar surface area (TPSA) is 30.5 Å². The van der Waals surface area contributed by atoms with Crippen molar-refractivity contribution in [3.05, 3.63) is 23.6 Å². The molecule has 0 fully saturated rings. The number of hydrogen-bond acceptors (Lipinski definition) is 3. The first-order valence-corrected chi connectivity index (χ1v) is 5.96. The molecule has 0 amide bonds. The molecule has 0 aromatic heterocycles. The van der Waals surface area contributed by atoms with Gasteiger partial charge in [0.25, 0.3) is 0 Å². The van der Waals surface area contributed by atoms with Gasteiger partial charge < -0.3 is 14.8 Å². The van der Waals surface area contributed by atoms with Crippen LogP contribution in [-0.2, 0) is 9.47 Å². The highest BCUT2D eigenvalue weighted by Gasteiger charge is 2.15. The Morgan fingerprint density at radius 3 is 2.38 bits per heavy atom. The lowest BCUT2D eigenvalue weighted by Crippen LogP contribution is -2.25. The average molecular weight is 225 g/mol. The van der Waals surface area contributed by atoms with Gasteiger partial charge in [0.1, 0.15) is 19.1 Å². The van der Waals surface area contributed by atoms with Gasteiger partial charge in [-0.3, -0.25) is 0 Å². The second-order valence-corrected chi connectivity index (χ2v) is 4.56. The summed E-state index contributed by atoms with van der Waals surface area (Å²) in [6.07, 6.45) is 3.99. The molecule has 0 aromatic rings. The highest BCUT2D eigenvalue weighted by molar-refractivity contribution is 5.11. The summed E-state index contributed by atoms with van der Waals surface area (Å²) < 4.78 is 11.3. The Kier molecular flexibility index (Phi) is 5.39. The maximum atomic E-state index is 5.83. The van der Waals surface area contributed by atoms with Gasteiger partial charge in [0, 0.05) is 5.92 Å². The van der Waals surface area contributed by atoms with E-state index in [1.807, 2.05) is 12.2 Å². The predicted octanol–water partition coefficient (Wildman–Crippen LogP) is 2.66. The SMILES string of the molecule is CC(C)/C1=C(\C(C)C)OC/C=C\COCN1. The number of nitrogens with one attached hydrogen (secondary N) is 1. The summed E-state index contributed by atoms with van der Waals surface area (Å²) in [5, 5.41) is 3.32. The molecule has 0 aliphatic carbocycles. The van der Waals surface area contributed by atoms with Crippen molar-refractivity contribution in [3.63, 3.8) is 0 Å². The largest absolute Gasteiger partial charge is 0.492 e. The van der Waals surface area contributed by atoms with Gasteiger partial charge in [0.05, 0.1) is 12.3 Å². The third-order valence-corrected chi connectivity index (χ3v) is 2.45. The van der Waals surface area contributed by atoms with Crippen LogP contribution in [0.3, 0.4) is 0 Å². The molecule has 16 heavy (non-hydrogen) atoms. The Bertz CT molecular complexity index is 267. The number of allylic oxidation sites excluding steroid dienone is 2. The summed E-state index contributed by atoms with van der Waals surface area (Å²) in [6, 6.07) is 0. The molecule has 1 aliphatic rings. The molecule has 0 saturated heterocycles. The first kappa shape index (κ1) is 13.1. The first-order valence-electron chi connectivity index (χ1n) is 5.96. The van der Waals surface area contributed by atoms with Crippen LogP contribution in [0.15, 0.2) is 23.6 Å². The van der Waals surface area contributed by atoms with E-state index in [4.69, 9.17) is 9.47 Å². The standard InChI is InChI=1S/C13H23NO2/c1-10(2)12-13(11(3)4)16-8-6-5-7-15-9-14-12/h5-6,10-11,14H,7-9H2,1-4H3/b6-5-,13-12-. The third-order valence-electron chi connectivity index (χ3n) is 2.45. The van der Waals surface area contributed by atoms with E-state index in [0.717, 1.165) is 11.5 Å². The van der Waals surface area contributed by atoms with E-state index in [1.54, 1.807) is 0 Å². The van der Waals surface area contributed by atoms with Crippen molar-refractivity contribution in [2.45, 2.75) is 27.7 Å². The second-order valence-electron chi connectivity index (χ2n) is 4.56. The molecule has 0 saturated carbocycles. The fourth-order valence-electron chi connectivity index (χ4n) is 1.66. The van der Waals surface area contributed by atoms with Gasteiger partial charge in [0.2, 0.25) is 0 Å². The molecule has 1 heterocycles. The Morgan fingerprint density at radius 1 is 1.06 bits per heavy atom. The zero-order chi connectivity index (χ0) is 12.0. The van der Waals surface area contributed by atoms with Crippen LogP contribution in [0, 0.1) is 11.8 Å². The van der Waals surface area contributed by atoms with Gasteiger partial charge in [0.15, 0.2) is 0 Å². The highest BCUT2D eigenvalue weighted by Crippen LogP contribution is 2.20. The van der Waals surface area contributed by atoms with Crippen LogP contribution in [-0.4, -0.2) is 19.9 Å². The summed E-state index contributed by atoms with van der Waals surface area (Å²) in [6.45, 7) is 10.4. The third kappa shape index (κ3) is 3.89. The lowest BCUT2D eigenvalue weighted by molar-refractivity contribution is 0.136. The van der Waals surface area contributed by atoms with Crippen LogP contribution in [0.5, 0.6) is 0 Å². The lowest BCUT2D eigenvalue weighted by atomic mass is 10.0. The molecule has 3 heteroatoms. The van der Waals surface area contributed by atoms with E-state index in [1.165, 1.54) is 0 Å². The molecular formula is C13H23NO2. The zero-order valence-corrected chi connectivity index (χ0v) is 10.7. The summed E-state index contributed by atoms with van der Waals surface area (Å²) in [7, 11) is 0. The van der Waals surface area contributed by atoms with Gasteiger partial charge in [-0.15, -0.1) is 0 Å². The van der Waals surface area contributed by atoms with Crippen molar-refractivity contribution < 1.29 is 9.47 Å². The molecular weight excluding hydrogens is 202 g/mol. The van der Waals surface area contributed by atoms with E-state index in [-0.39, 0.29) is 0 Å². The van der Waals surface area contributed by atoms with E-state index in [2.05, 4.69) is 33.0 Å². The maximum absolute atomic E-state index is 5.83. The van der Waals surface area contributed by atoms with Gasteiger partial charge >= 0.3 is 0 Å². The van der Waals surface area contributed by atoms with Crippen LogP contribution >= 0.6 is 0 Å². The minimum Gasteiger partial charge on any atom is -0.492 e. The van der Waals surface area contributed by atoms with Crippen molar-refractivity contribution >= 4 is 0 Å². The Hall–Kier alpha value is -0.960. The molecule has 1 aliphatic heterocycles. The van der Waals surface area contributed by atoms with Crippen molar-refractivity contribution in [2.24, 2.45) is 11.8 Å². The fourth-order valence-corrected chi connectivity index (χ4v) is 1.66. The van der Waals surface area contributed by atoms with Crippen molar-refractivity contribution in [1.82, 2.24) is 5.32 Å². The molecule has 1 N–H and O–H groups in total. The fraction of sp³-hybridized carbons (Fsp3) is 0.692. The molecule has 92 valence electrons. The molecule has 0 aromatic carbocycles. The van der Waals surface area contributed by atoms with Crippen molar-refractivity contribution in [3.8, 4) is 0 Å². The molecule has 0 atom stereocenters. The average Bonchev–Trinajstić information content (AvgIpc) is 2.24. The van der Waals surface area contributed by atoms with Crippen LogP contribution in [0.2, 0.25) is 0 Å². The van der Waals surface area contributed by atoms with Gasteiger partial charge in [-0.2, -0.15) is 0 Å². The predicted molar refractivity (Wildman–Crippen MR) is 65.7 cm³/mol. The highest BCUT2D eigenvalue weighted by atomic mass is 16.5. The van der Waals surface area contributed by atoms with Crippen LogP contribution in [0.4, 0.5) is 0 Å². The monoisotopic (exact) mass is 225 g/mol. The number of ether oxygens (including phenoxy) is 2. The zero-order valence-electron chi connectivity index (χ0n) is 10.7. The van der Waals surface area contributed by atoms with E-state index >= 15 is 0 Å². The van der Waals surface area contributed by atoms with Crippen LogP contribution < -0.4 is 5.32 Å². The molecule has 0 spiro atoms.